The molecule has 232 valence electrons. The van der Waals surface area contributed by atoms with Crippen molar-refractivity contribution in [3.63, 3.8) is 0 Å². The number of pyridine rings is 2. The number of H-pyrrole nitrogens is 2. The summed E-state index contributed by atoms with van der Waals surface area (Å²) in [7, 11) is 0. The molecule has 8 rings (SSSR count). The Labute approximate surface area is 265 Å². The van der Waals surface area contributed by atoms with Gasteiger partial charge in [0, 0.05) is 46.9 Å². The molecule has 0 atom stereocenters. The van der Waals surface area contributed by atoms with Gasteiger partial charge in [0.05, 0.1) is 28.6 Å². The van der Waals surface area contributed by atoms with Crippen molar-refractivity contribution in [1.82, 2.24) is 30.0 Å². The van der Waals surface area contributed by atoms with Gasteiger partial charge in [-0.3, -0.25) is 19.8 Å². The zero-order valence-electron chi connectivity index (χ0n) is 25.4. The number of likely N-dealkylation sites (tertiary alicyclic amines) is 1. The number of carbonyl (C=O) groups is 1. The zero-order valence-corrected chi connectivity index (χ0v) is 25.4. The molecule has 9 nitrogen and oxygen atoms in total. The molecule has 0 radical (unpaired) electrons. The second-order valence-corrected chi connectivity index (χ2v) is 12.3. The van der Waals surface area contributed by atoms with Gasteiger partial charge in [0.25, 0.3) is 0 Å². The number of rotatable bonds is 9. The summed E-state index contributed by atoms with van der Waals surface area (Å²) in [6.07, 6.45) is 8.97. The number of halogens is 1. The number of nitrogens with zero attached hydrogens (tertiary/aromatic N) is 4. The number of carbonyl (C=O) groups excluding carboxylic acids is 1. The van der Waals surface area contributed by atoms with Gasteiger partial charge < -0.3 is 15.0 Å². The van der Waals surface area contributed by atoms with Crippen LogP contribution in [0.2, 0.25) is 0 Å². The second kappa shape index (κ2) is 12.0. The van der Waals surface area contributed by atoms with Crippen molar-refractivity contribution < 1.29 is 13.9 Å². The molecule has 1 amide bonds. The molecular formula is C36H34FN7O2. The average Bonchev–Trinajstić information content (AvgIpc) is 3.79. The van der Waals surface area contributed by atoms with Crippen LogP contribution in [0, 0.1) is 11.7 Å². The third-order valence-electron chi connectivity index (χ3n) is 9.17. The predicted molar refractivity (Wildman–Crippen MR) is 177 cm³/mol. The van der Waals surface area contributed by atoms with Gasteiger partial charge in [0.1, 0.15) is 29.4 Å². The average molecular weight is 616 g/mol. The molecule has 3 N–H and O–H groups in total. The number of anilines is 1. The lowest BCUT2D eigenvalue weighted by Crippen LogP contribution is -2.27. The Morgan fingerprint density at radius 2 is 1.87 bits per heavy atom. The van der Waals surface area contributed by atoms with E-state index in [1.165, 1.54) is 25.0 Å². The highest BCUT2D eigenvalue weighted by molar-refractivity contribution is 6.00. The third-order valence-corrected chi connectivity index (χ3v) is 9.17. The second-order valence-electron chi connectivity index (χ2n) is 12.3. The summed E-state index contributed by atoms with van der Waals surface area (Å²) < 4.78 is 20.8. The molecule has 1 aliphatic heterocycles. The number of nitrogens with one attached hydrogen (secondary N) is 3. The van der Waals surface area contributed by atoms with Crippen molar-refractivity contribution in [2.45, 2.75) is 32.1 Å². The minimum absolute atomic E-state index is 0.0797. The maximum absolute atomic E-state index is 14.8. The van der Waals surface area contributed by atoms with E-state index in [9.17, 15) is 9.18 Å². The van der Waals surface area contributed by atoms with Gasteiger partial charge in [-0.05, 0) is 86.8 Å². The van der Waals surface area contributed by atoms with E-state index in [1.807, 2.05) is 48.5 Å². The van der Waals surface area contributed by atoms with Crippen molar-refractivity contribution in [3.8, 4) is 39.5 Å². The van der Waals surface area contributed by atoms with Crippen LogP contribution in [0.15, 0.2) is 73.1 Å². The minimum Gasteiger partial charge on any atom is -0.492 e. The summed E-state index contributed by atoms with van der Waals surface area (Å²) in [5, 5.41) is 11.6. The highest BCUT2D eigenvalue weighted by atomic mass is 19.1. The molecule has 1 saturated heterocycles. The van der Waals surface area contributed by atoms with Gasteiger partial charge in [-0.1, -0.05) is 18.6 Å². The van der Waals surface area contributed by atoms with Gasteiger partial charge in [-0.25, -0.2) is 9.37 Å². The maximum atomic E-state index is 14.8. The van der Waals surface area contributed by atoms with E-state index >= 15 is 0 Å². The van der Waals surface area contributed by atoms with Crippen molar-refractivity contribution in [1.29, 1.82) is 0 Å². The molecule has 10 heteroatoms. The van der Waals surface area contributed by atoms with E-state index in [2.05, 4.69) is 30.4 Å². The molecule has 4 aromatic heterocycles. The van der Waals surface area contributed by atoms with Crippen LogP contribution in [-0.2, 0) is 4.79 Å². The van der Waals surface area contributed by atoms with Crippen LogP contribution in [0.5, 0.6) is 5.75 Å². The Hall–Kier alpha value is -5.09. The fourth-order valence-electron chi connectivity index (χ4n) is 6.43. The lowest BCUT2D eigenvalue weighted by atomic mass is 9.85. The number of hydrogen-bond acceptors (Lipinski definition) is 6. The van der Waals surface area contributed by atoms with Gasteiger partial charge in [0.2, 0.25) is 5.91 Å². The van der Waals surface area contributed by atoms with Crippen molar-refractivity contribution in [2.24, 2.45) is 5.92 Å². The fourth-order valence-corrected chi connectivity index (χ4v) is 6.43. The monoisotopic (exact) mass is 615 g/mol. The zero-order chi connectivity index (χ0) is 31.0. The normalized spacial score (nSPS) is 15.4. The Bertz CT molecular complexity index is 2060. The Kier molecular flexibility index (Phi) is 7.42. The van der Waals surface area contributed by atoms with Gasteiger partial charge in [0.15, 0.2) is 0 Å². The van der Waals surface area contributed by atoms with E-state index in [4.69, 9.17) is 9.72 Å². The molecule has 1 aliphatic carbocycles. The van der Waals surface area contributed by atoms with Crippen LogP contribution in [0.1, 0.15) is 32.1 Å². The first kappa shape index (κ1) is 28.4. The maximum Gasteiger partial charge on any atom is 0.227 e. The van der Waals surface area contributed by atoms with Crippen molar-refractivity contribution in [3.05, 3.63) is 78.9 Å². The number of aromatic nitrogens is 5. The number of fused-ring (bicyclic) bond motifs is 2. The molecule has 46 heavy (non-hydrogen) atoms. The predicted octanol–water partition coefficient (Wildman–Crippen LogP) is 7.19. The minimum atomic E-state index is -0.358. The molecule has 2 fully saturated rings. The first-order chi connectivity index (χ1) is 22.6. The summed E-state index contributed by atoms with van der Waals surface area (Å²) in [4.78, 5) is 27.8. The summed E-state index contributed by atoms with van der Waals surface area (Å²) in [6.45, 7) is 3.54. The van der Waals surface area contributed by atoms with Crippen LogP contribution < -0.4 is 10.1 Å². The third kappa shape index (κ3) is 5.60. The lowest BCUT2D eigenvalue weighted by molar-refractivity contribution is -0.122. The van der Waals surface area contributed by atoms with Crippen LogP contribution in [0.4, 0.5) is 10.1 Å². The quantitative estimate of drug-likeness (QED) is 0.159. The number of aromatic amines is 2. The standard InChI is InChI=1S/C36H34FN7O2/c37-25-15-24(17-27(18-25)46-14-13-44-11-1-2-12-44)29-20-38-21-33-28(29)19-32(40-33)35-34-31(42-43-35)10-9-30(41-34)23-7-4-8-26(16-23)39-36(45)22-5-3-6-22/h4,7-10,15-22,40H,1-3,5-6,11-14H2,(H,39,45)(H,42,43). The first-order valence-corrected chi connectivity index (χ1v) is 16.0. The van der Waals surface area contributed by atoms with Crippen LogP contribution in [-0.4, -0.2) is 62.2 Å². The summed E-state index contributed by atoms with van der Waals surface area (Å²) >= 11 is 0. The summed E-state index contributed by atoms with van der Waals surface area (Å²) in [6, 6.07) is 18.5. The van der Waals surface area contributed by atoms with E-state index < -0.39 is 0 Å². The molecule has 0 bridgehead atoms. The Morgan fingerprint density at radius 3 is 2.72 bits per heavy atom. The summed E-state index contributed by atoms with van der Waals surface area (Å²) in [5.41, 5.74) is 7.65. The van der Waals surface area contributed by atoms with E-state index in [-0.39, 0.29) is 17.6 Å². The smallest absolute Gasteiger partial charge is 0.227 e. The molecule has 0 spiro atoms. The largest absolute Gasteiger partial charge is 0.492 e. The number of amides is 1. The summed E-state index contributed by atoms with van der Waals surface area (Å²) in [5.74, 6) is 0.336. The molecule has 6 aromatic rings. The molecule has 1 saturated carbocycles. The topological polar surface area (TPSA) is 112 Å². The molecule has 5 heterocycles. The number of ether oxygens (including phenoxy) is 1. The Morgan fingerprint density at radius 1 is 0.978 bits per heavy atom. The van der Waals surface area contributed by atoms with E-state index in [0.29, 0.717) is 29.1 Å². The molecule has 0 unspecified atom stereocenters. The highest BCUT2D eigenvalue weighted by Gasteiger charge is 2.25. The molecular weight excluding hydrogens is 581 g/mol. The number of hydrogen-bond donors (Lipinski definition) is 3. The fraction of sp³-hybridized carbons (Fsp3) is 0.278. The van der Waals surface area contributed by atoms with Gasteiger partial charge in [-0.2, -0.15) is 5.10 Å². The SMILES string of the molecule is O=C(Nc1cccc(-c2ccc3[nH]nc(-c4cc5c(-c6cc(F)cc(OCCN7CCCC7)c6)cncc5[nH]4)c3n2)c1)C1CCC1. The first-order valence-electron chi connectivity index (χ1n) is 16.0. The number of benzene rings is 2. The van der Waals surface area contributed by atoms with E-state index in [0.717, 1.165) is 83.5 Å². The van der Waals surface area contributed by atoms with Gasteiger partial charge >= 0.3 is 0 Å². The van der Waals surface area contributed by atoms with Crippen LogP contribution in [0.3, 0.4) is 0 Å². The Balaban J connectivity index is 1.09. The lowest BCUT2D eigenvalue weighted by Gasteiger charge is -2.24. The van der Waals surface area contributed by atoms with Gasteiger partial charge in [-0.15, -0.1) is 0 Å². The molecule has 2 aliphatic rings. The van der Waals surface area contributed by atoms with Crippen molar-refractivity contribution in [2.75, 3.05) is 31.6 Å². The van der Waals surface area contributed by atoms with Crippen LogP contribution >= 0.6 is 0 Å². The van der Waals surface area contributed by atoms with E-state index in [1.54, 1.807) is 12.4 Å². The highest BCUT2D eigenvalue weighted by Crippen LogP contribution is 2.35. The van der Waals surface area contributed by atoms with Crippen LogP contribution in [0.25, 0.3) is 55.7 Å². The van der Waals surface area contributed by atoms with Crippen molar-refractivity contribution >= 4 is 33.5 Å². The molecule has 2 aromatic carbocycles.